The third-order valence-electron chi connectivity index (χ3n) is 6.46. The van der Waals surface area contributed by atoms with Crippen molar-refractivity contribution < 1.29 is 14.5 Å². The average molecular weight is 441 g/mol. The number of benzene rings is 3. The molecule has 0 N–H and O–H groups in total. The molecule has 0 bridgehead atoms. The molecular weight excluding hydrogens is 418 g/mol. The van der Waals surface area contributed by atoms with Gasteiger partial charge in [0.1, 0.15) is 0 Å². The molecule has 7 heteroatoms. The first-order chi connectivity index (χ1) is 16.0. The van der Waals surface area contributed by atoms with Crippen LogP contribution in [0.15, 0.2) is 66.7 Å². The molecule has 0 unspecified atom stereocenters. The standard InChI is InChI=1S/C26H23N3O4/c30-25(27-11-9-18-5-1-3-7-20(18)16-27)22-13-23(15-24(14-22)29(32)33)26(31)28-12-10-19-6-2-4-8-21(19)17-28/h1-8,13-15H,9-12,16-17H2. The topological polar surface area (TPSA) is 83.8 Å². The summed E-state index contributed by atoms with van der Waals surface area (Å²) in [6, 6.07) is 20.0. The highest BCUT2D eigenvalue weighted by Crippen LogP contribution is 2.26. The summed E-state index contributed by atoms with van der Waals surface area (Å²) in [6.45, 7) is 1.96. The molecule has 3 aromatic carbocycles. The highest BCUT2D eigenvalue weighted by molar-refractivity contribution is 6.00. The molecule has 2 aliphatic heterocycles. The summed E-state index contributed by atoms with van der Waals surface area (Å²) in [6.07, 6.45) is 1.46. The SMILES string of the molecule is O=C(c1cc(C(=O)N2CCc3ccccc3C2)cc([N+](=O)[O-])c1)N1CCc2ccccc2C1. The normalized spacial score (nSPS) is 14.9. The summed E-state index contributed by atoms with van der Waals surface area (Å²) in [4.78, 5) is 41.0. The van der Waals surface area contributed by atoms with Crippen LogP contribution in [0.2, 0.25) is 0 Å². The summed E-state index contributed by atoms with van der Waals surface area (Å²) >= 11 is 0. The van der Waals surface area contributed by atoms with Gasteiger partial charge in [0, 0.05) is 49.4 Å². The molecule has 2 amide bonds. The third kappa shape index (κ3) is 4.09. The van der Waals surface area contributed by atoms with Gasteiger partial charge in [0.15, 0.2) is 0 Å². The molecule has 33 heavy (non-hydrogen) atoms. The van der Waals surface area contributed by atoms with Gasteiger partial charge in [0.2, 0.25) is 0 Å². The van der Waals surface area contributed by atoms with E-state index in [0.29, 0.717) is 26.2 Å². The van der Waals surface area contributed by atoms with Crippen LogP contribution in [0.1, 0.15) is 43.0 Å². The zero-order chi connectivity index (χ0) is 22.9. The van der Waals surface area contributed by atoms with E-state index in [4.69, 9.17) is 0 Å². The number of hydrogen-bond acceptors (Lipinski definition) is 4. The monoisotopic (exact) mass is 441 g/mol. The second kappa shape index (κ2) is 8.50. The third-order valence-corrected chi connectivity index (χ3v) is 6.46. The summed E-state index contributed by atoms with van der Waals surface area (Å²) in [7, 11) is 0. The van der Waals surface area contributed by atoms with Crippen LogP contribution in [0.5, 0.6) is 0 Å². The van der Waals surface area contributed by atoms with E-state index < -0.39 is 4.92 Å². The molecule has 0 aliphatic carbocycles. The van der Waals surface area contributed by atoms with Crippen molar-refractivity contribution in [2.45, 2.75) is 25.9 Å². The molecule has 0 saturated heterocycles. The van der Waals surface area contributed by atoms with Crippen molar-refractivity contribution in [3.63, 3.8) is 0 Å². The molecule has 2 heterocycles. The van der Waals surface area contributed by atoms with Crippen LogP contribution in [0.4, 0.5) is 5.69 Å². The molecule has 5 rings (SSSR count). The lowest BCUT2D eigenvalue weighted by molar-refractivity contribution is -0.384. The Morgan fingerprint density at radius 3 is 1.55 bits per heavy atom. The molecule has 2 aliphatic rings. The van der Waals surface area contributed by atoms with Gasteiger partial charge in [0.05, 0.1) is 4.92 Å². The lowest BCUT2D eigenvalue weighted by atomic mass is 9.98. The number of carbonyl (C=O) groups is 2. The molecule has 0 spiro atoms. The second-order valence-corrected chi connectivity index (χ2v) is 8.52. The number of nitro groups is 1. The quantitative estimate of drug-likeness (QED) is 0.454. The number of carbonyl (C=O) groups excluding carboxylic acids is 2. The minimum absolute atomic E-state index is 0.171. The maximum atomic E-state index is 13.3. The van der Waals surface area contributed by atoms with E-state index >= 15 is 0 Å². The Hall–Kier alpha value is -4.00. The highest BCUT2D eigenvalue weighted by Gasteiger charge is 2.27. The highest BCUT2D eigenvalue weighted by atomic mass is 16.6. The zero-order valence-corrected chi connectivity index (χ0v) is 18.1. The predicted molar refractivity (Wildman–Crippen MR) is 123 cm³/mol. The van der Waals surface area contributed by atoms with E-state index in [1.54, 1.807) is 9.80 Å². The van der Waals surface area contributed by atoms with Crippen LogP contribution >= 0.6 is 0 Å². The molecule has 166 valence electrons. The van der Waals surface area contributed by atoms with Crippen molar-refractivity contribution in [1.82, 2.24) is 9.80 Å². The first-order valence-electron chi connectivity index (χ1n) is 11.0. The number of amides is 2. The van der Waals surface area contributed by atoms with Crippen molar-refractivity contribution in [1.29, 1.82) is 0 Å². The van der Waals surface area contributed by atoms with Gasteiger partial charge < -0.3 is 9.80 Å². The van der Waals surface area contributed by atoms with Gasteiger partial charge in [-0.3, -0.25) is 19.7 Å². The Bertz CT molecular complexity index is 1180. The molecular formula is C26H23N3O4. The number of nitro benzene ring substituents is 1. The van der Waals surface area contributed by atoms with E-state index in [1.807, 2.05) is 36.4 Å². The maximum Gasteiger partial charge on any atom is 0.271 e. The largest absolute Gasteiger partial charge is 0.334 e. The van der Waals surface area contributed by atoms with Crippen LogP contribution in [0.3, 0.4) is 0 Å². The summed E-state index contributed by atoms with van der Waals surface area (Å²) in [5.41, 5.74) is 4.66. The van der Waals surface area contributed by atoms with Crippen LogP contribution < -0.4 is 0 Å². The predicted octanol–water partition coefficient (Wildman–Crippen LogP) is 3.99. The fourth-order valence-corrected chi connectivity index (χ4v) is 4.67. The van der Waals surface area contributed by atoms with E-state index in [2.05, 4.69) is 12.1 Å². The van der Waals surface area contributed by atoms with Gasteiger partial charge in [0.25, 0.3) is 17.5 Å². The smallest absolute Gasteiger partial charge is 0.271 e. The van der Waals surface area contributed by atoms with Crippen molar-refractivity contribution >= 4 is 17.5 Å². The van der Waals surface area contributed by atoms with Crippen LogP contribution in [-0.4, -0.2) is 39.6 Å². The molecule has 3 aromatic rings. The van der Waals surface area contributed by atoms with Crippen molar-refractivity contribution in [3.8, 4) is 0 Å². The number of hydrogen-bond donors (Lipinski definition) is 0. The second-order valence-electron chi connectivity index (χ2n) is 8.52. The summed E-state index contributed by atoms with van der Waals surface area (Å²) < 4.78 is 0. The van der Waals surface area contributed by atoms with Crippen LogP contribution in [0, 0.1) is 10.1 Å². The molecule has 0 saturated carbocycles. The minimum Gasteiger partial charge on any atom is -0.334 e. The minimum atomic E-state index is -0.551. The fourth-order valence-electron chi connectivity index (χ4n) is 4.67. The Kier molecular flexibility index (Phi) is 5.38. The summed E-state index contributed by atoms with van der Waals surface area (Å²) in [5.74, 6) is -0.600. The molecule has 0 aromatic heterocycles. The van der Waals surface area contributed by atoms with Crippen molar-refractivity contribution in [3.05, 3.63) is 110 Å². The van der Waals surface area contributed by atoms with Gasteiger partial charge in [-0.2, -0.15) is 0 Å². The fraction of sp³-hybridized carbons (Fsp3) is 0.231. The average Bonchev–Trinajstić information content (AvgIpc) is 2.86. The van der Waals surface area contributed by atoms with Gasteiger partial charge in [-0.15, -0.1) is 0 Å². The molecule has 0 atom stereocenters. The number of fused-ring (bicyclic) bond motifs is 2. The number of non-ortho nitro benzene ring substituents is 1. The molecule has 0 radical (unpaired) electrons. The Morgan fingerprint density at radius 1 is 0.697 bits per heavy atom. The zero-order valence-electron chi connectivity index (χ0n) is 18.1. The van der Waals surface area contributed by atoms with Crippen LogP contribution in [-0.2, 0) is 25.9 Å². The van der Waals surface area contributed by atoms with E-state index in [1.165, 1.54) is 29.3 Å². The van der Waals surface area contributed by atoms with E-state index in [9.17, 15) is 19.7 Å². The Morgan fingerprint density at radius 2 is 1.12 bits per heavy atom. The van der Waals surface area contributed by atoms with Gasteiger partial charge >= 0.3 is 0 Å². The van der Waals surface area contributed by atoms with Gasteiger partial charge in [-0.05, 0) is 41.2 Å². The number of nitrogens with zero attached hydrogens (tertiary/aromatic N) is 3. The van der Waals surface area contributed by atoms with E-state index in [-0.39, 0.29) is 28.6 Å². The Balaban J connectivity index is 1.43. The summed E-state index contributed by atoms with van der Waals surface area (Å²) in [5, 5.41) is 11.6. The van der Waals surface area contributed by atoms with Gasteiger partial charge in [-0.25, -0.2) is 0 Å². The Labute approximate surface area is 191 Å². The first-order valence-corrected chi connectivity index (χ1v) is 11.0. The van der Waals surface area contributed by atoms with Crippen LogP contribution in [0.25, 0.3) is 0 Å². The van der Waals surface area contributed by atoms with Crippen molar-refractivity contribution in [2.24, 2.45) is 0 Å². The lowest BCUT2D eigenvalue weighted by Crippen LogP contribution is -2.37. The van der Waals surface area contributed by atoms with Gasteiger partial charge in [-0.1, -0.05) is 48.5 Å². The molecule has 0 fully saturated rings. The van der Waals surface area contributed by atoms with E-state index in [0.717, 1.165) is 24.0 Å². The maximum absolute atomic E-state index is 13.3. The lowest BCUT2D eigenvalue weighted by Gasteiger charge is -2.30. The molecule has 7 nitrogen and oxygen atoms in total. The van der Waals surface area contributed by atoms with Crippen molar-refractivity contribution in [2.75, 3.05) is 13.1 Å². The number of rotatable bonds is 3. The first kappa shape index (κ1) is 20.9.